The van der Waals surface area contributed by atoms with Gasteiger partial charge in [0.25, 0.3) is 0 Å². The summed E-state index contributed by atoms with van der Waals surface area (Å²) in [5.74, 6) is 0.816. The van der Waals surface area contributed by atoms with Gasteiger partial charge in [0, 0.05) is 18.8 Å². The molecule has 1 saturated heterocycles. The molecule has 0 amide bonds. The summed E-state index contributed by atoms with van der Waals surface area (Å²) in [6, 6.07) is 0. The molecule has 1 unspecified atom stereocenters. The van der Waals surface area contributed by atoms with Gasteiger partial charge in [-0.3, -0.25) is 0 Å². The van der Waals surface area contributed by atoms with Crippen molar-refractivity contribution < 1.29 is 4.74 Å². The molecule has 2 heteroatoms. The molecule has 1 heterocycles. The van der Waals surface area contributed by atoms with Gasteiger partial charge < -0.3 is 10.5 Å². The van der Waals surface area contributed by atoms with Crippen LogP contribution >= 0.6 is 0 Å². The fraction of sp³-hybridized carbons (Fsp3) is 1.00. The Balaban J connectivity index is 1.65. The van der Waals surface area contributed by atoms with E-state index in [2.05, 4.69) is 0 Å². The van der Waals surface area contributed by atoms with Crippen LogP contribution < -0.4 is 5.73 Å². The van der Waals surface area contributed by atoms with Crippen LogP contribution in [-0.2, 0) is 4.74 Å². The average Bonchev–Trinajstić information content (AvgIpc) is 2.53. The molecule has 0 spiro atoms. The second kappa shape index (κ2) is 2.76. The molecule has 0 aromatic carbocycles. The van der Waals surface area contributed by atoms with Gasteiger partial charge in [-0.2, -0.15) is 0 Å². The van der Waals surface area contributed by atoms with Crippen LogP contribution in [0.15, 0.2) is 0 Å². The molecule has 2 rings (SSSR count). The topological polar surface area (TPSA) is 35.2 Å². The third-order valence-electron chi connectivity index (χ3n) is 2.97. The van der Waals surface area contributed by atoms with Crippen LogP contribution in [0.1, 0.15) is 32.1 Å². The van der Waals surface area contributed by atoms with Gasteiger partial charge in [-0.15, -0.1) is 0 Å². The first kappa shape index (κ1) is 7.56. The summed E-state index contributed by atoms with van der Waals surface area (Å²) < 4.78 is 5.30. The Labute approximate surface area is 68.1 Å². The summed E-state index contributed by atoms with van der Waals surface area (Å²) in [5, 5.41) is 0. The third kappa shape index (κ3) is 1.94. The highest BCUT2D eigenvalue weighted by Gasteiger charge is 2.38. The van der Waals surface area contributed by atoms with Crippen molar-refractivity contribution in [3.8, 4) is 0 Å². The lowest BCUT2D eigenvalue weighted by molar-refractivity contribution is 0.183. The highest BCUT2D eigenvalue weighted by Crippen LogP contribution is 2.38. The zero-order valence-electron chi connectivity index (χ0n) is 7.01. The molecule has 0 bridgehead atoms. The lowest BCUT2D eigenvalue weighted by Gasteiger charge is -2.11. The van der Waals surface area contributed by atoms with E-state index >= 15 is 0 Å². The van der Waals surface area contributed by atoms with Crippen molar-refractivity contribution in [1.82, 2.24) is 0 Å². The summed E-state index contributed by atoms with van der Waals surface area (Å²) in [7, 11) is 0. The lowest BCUT2D eigenvalue weighted by Crippen LogP contribution is -2.22. The SMILES string of the molecule is NC1(CCC2CCOC2)CC1. The standard InChI is InChI=1S/C9H17NO/c10-9(4-5-9)3-1-8-2-6-11-7-8/h8H,1-7,10H2. The van der Waals surface area contributed by atoms with Crippen LogP contribution in [0.3, 0.4) is 0 Å². The van der Waals surface area contributed by atoms with Crippen LogP contribution in [0.4, 0.5) is 0 Å². The summed E-state index contributed by atoms with van der Waals surface area (Å²) >= 11 is 0. The smallest absolute Gasteiger partial charge is 0.0495 e. The molecule has 2 fully saturated rings. The van der Waals surface area contributed by atoms with Crippen LogP contribution in [0.5, 0.6) is 0 Å². The van der Waals surface area contributed by atoms with Crippen molar-refractivity contribution >= 4 is 0 Å². The molecule has 1 aliphatic carbocycles. The molecule has 1 atom stereocenters. The molecule has 0 aromatic heterocycles. The van der Waals surface area contributed by atoms with E-state index in [4.69, 9.17) is 10.5 Å². The Kier molecular flexibility index (Phi) is 1.90. The second-order valence-electron chi connectivity index (χ2n) is 4.13. The molecule has 2 N–H and O–H groups in total. The molecule has 0 aromatic rings. The maximum Gasteiger partial charge on any atom is 0.0495 e. The van der Waals surface area contributed by atoms with Gasteiger partial charge in [-0.1, -0.05) is 0 Å². The molecular weight excluding hydrogens is 138 g/mol. The Morgan fingerprint density at radius 2 is 2.27 bits per heavy atom. The monoisotopic (exact) mass is 155 g/mol. The van der Waals surface area contributed by atoms with Crippen LogP contribution in [0, 0.1) is 5.92 Å². The third-order valence-corrected chi connectivity index (χ3v) is 2.97. The predicted octanol–water partition coefficient (Wildman–Crippen LogP) is 1.29. The van der Waals surface area contributed by atoms with Gasteiger partial charge in [0.15, 0.2) is 0 Å². The van der Waals surface area contributed by atoms with E-state index in [1.807, 2.05) is 0 Å². The van der Waals surface area contributed by atoms with Crippen molar-refractivity contribution in [3.05, 3.63) is 0 Å². The average molecular weight is 155 g/mol. The van der Waals surface area contributed by atoms with E-state index in [9.17, 15) is 0 Å². The number of nitrogens with two attached hydrogens (primary N) is 1. The largest absolute Gasteiger partial charge is 0.381 e. The summed E-state index contributed by atoms with van der Waals surface area (Å²) in [5.41, 5.74) is 6.24. The maximum atomic E-state index is 5.98. The van der Waals surface area contributed by atoms with E-state index in [1.54, 1.807) is 0 Å². The summed E-state index contributed by atoms with van der Waals surface area (Å²) in [6.07, 6.45) is 6.27. The molecule has 64 valence electrons. The van der Waals surface area contributed by atoms with Crippen LogP contribution in [0.25, 0.3) is 0 Å². The molecular formula is C9H17NO. The first-order valence-electron chi connectivity index (χ1n) is 4.65. The van der Waals surface area contributed by atoms with Crippen molar-refractivity contribution in [2.75, 3.05) is 13.2 Å². The summed E-state index contributed by atoms with van der Waals surface area (Å²) in [4.78, 5) is 0. The predicted molar refractivity (Wildman–Crippen MR) is 44.3 cm³/mol. The van der Waals surface area contributed by atoms with Crippen molar-refractivity contribution in [2.45, 2.75) is 37.6 Å². The van der Waals surface area contributed by atoms with E-state index < -0.39 is 0 Å². The van der Waals surface area contributed by atoms with E-state index in [-0.39, 0.29) is 5.54 Å². The minimum absolute atomic E-state index is 0.253. The van der Waals surface area contributed by atoms with E-state index in [0.717, 1.165) is 19.1 Å². The van der Waals surface area contributed by atoms with Gasteiger partial charge in [0.1, 0.15) is 0 Å². The maximum absolute atomic E-state index is 5.98. The highest BCUT2D eigenvalue weighted by molar-refractivity contribution is 4.98. The Hall–Kier alpha value is -0.0800. The number of rotatable bonds is 3. The van der Waals surface area contributed by atoms with Crippen molar-refractivity contribution in [3.63, 3.8) is 0 Å². The van der Waals surface area contributed by atoms with Crippen LogP contribution in [-0.4, -0.2) is 18.8 Å². The summed E-state index contributed by atoms with van der Waals surface area (Å²) in [6.45, 7) is 1.96. The minimum atomic E-state index is 0.253. The normalized spacial score (nSPS) is 34.1. The first-order chi connectivity index (χ1) is 5.29. The van der Waals surface area contributed by atoms with Gasteiger partial charge in [0.2, 0.25) is 0 Å². The van der Waals surface area contributed by atoms with Gasteiger partial charge in [0.05, 0.1) is 0 Å². The molecule has 1 saturated carbocycles. The molecule has 2 aliphatic rings. The van der Waals surface area contributed by atoms with Crippen LogP contribution in [0.2, 0.25) is 0 Å². The van der Waals surface area contributed by atoms with Gasteiger partial charge in [-0.25, -0.2) is 0 Å². The first-order valence-corrected chi connectivity index (χ1v) is 4.65. The molecule has 2 nitrogen and oxygen atoms in total. The van der Waals surface area contributed by atoms with Gasteiger partial charge in [-0.05, 0) is 38.0 Å². The quantitative estimate of drug-likeness (QED) is 0.666. The fourth-order valence-electron chi connectivity index (χ4n) is 1.71. The van der Waals surface area contributed by atoms with Gasteiger partial charge >= 0.3 is 0 Å². The second-order valence-corrected chi connectivity index (χ2v) is 4.13. The number of ether oxygens (including phenoxy) is 1. The van der Waals surface area contributed by atoms with Crippen molar-refractivity contribution in [2.24, 2.45) is 11.7 Å². The fourth-order valence-corrected chi connectivity index (χ4v) is 1.71. The minimum Gasteiger partial charge on any atom is -0.381 e. The molecule has 0 radical (unpaired) electrons. The lowest BCUT2D eigenvalue weighted by atomic mass is 9.99. The Bertz CT molecular complexity index is 136. The zero-order valence-corrected chi connectivity index (χ0v) is 7.01. The van der Waals surface area contributed by atoms with E-state index in [1.165, 1.54) is 32.1 Å². The molecule has 1 aliphatic heterocycles. The number of hydrogen-bond donors (Lipinski definition) is 1. The Morgan fingerprint density at radius 1 is 1.45 bits per heavy atom. The zero-order chi connectivity index (χ0) is 7.73. The van der Waals surface area contributed by atoms with E-state index in [0.29, 0.717) is 0 Å². The Morgan fingerprint density at radius 3 is 2.82 bits per heavy atom. The number of hydrogen-bond acceptors (Lipinski definition) is 2. The highest BCUT2D eigenvalue weighted by atomic mass is 16.5. The van der Waals surface area contributed by atoms with Crippen molar-refractivity contribution in [1.29, 1.82) is 0 Å². The molecule has 11 heavy (non-hydrogen) atoms.